The third kappa shape index (κ3) is 7.43. The number of esters is 2. The lowest BCUT2D eigenvalue weighted by Gasteiger charge is -2.10. The highest BCUT2D eigenvalue weighted by atomic mass is 16.5. The zero-order chi connectivity index (χ0) is 25.1. The van der Waals surface area contributed by atoms with Crippen LogP contribution in [0.15, 0.2) is 36.4 Å². The molecule has 0 aliphatic carbocycles. The van der Waals surface area contributed by atoms with E-state index in [4.69, 9.17) is 20.9 Å². The summed E-state index contributed by atoms with van der Waals surface area (Å²) in [6.45, 7) is 0. The molecule has 0 radical (unpaired) electrons. The highest BCUT2D eigenvalue weighted by molar-refractivity contribution is 5.97. The first-order chi connectivity index (χ1) is 16.3. The molecule has 182 valence electrons. The van der Waals surface area contributed by atoms with E-state index in [9.17, 15) is 19.2 Å². The first-order valence-electron chi connectivity index (χ1n) is 11.3. The topological polar surface area (TPSA) is 139 Å². The molecule has 0 bridgehead atoms. The van der Waals surface area contributed by atoms with E-state index in [1.807, 2.05) is 0 Å². The summed E-state index contributed by atoms with van der Waals surface area (Å²) in [4.78, 5) is 46.9. The highest BCUT2D eigenvalue weighted by Crippen LogP contribution is 2.19. The van der Waals surface area contributed by atoms with Gasteiger partial charge in [-0.3, -0.25) is 9.59 Å². The van der Waals surface area contributed by atoms with Crippen LogP contribution in [0.2, 0.25) is 0 Å². The van der Waals surface area contributed by atoms with E-state index in [0.29, 0.717) is 35.1 Å². The Morgan fingerprint density at radius 2 is 0.971 bits per heavy atom. The van der Waals surface area contributed by atoms with Gasteiger partial charge in [0.25, 0.3) is 0 Å². The zero-order valence-electron chi connectivity index (χ0n) is 19.7. The van der Waals surface area contributed by atoms with Crippen molar-refractivity contribution in [2.45, 2.75) is 51.4 Å². The van der Waals surface area contributed by atoms with Gasteiger partial charge >= 0.3 is 11.9 Å². The lowest BCUT2D eigenvalue weighted by Crippen LogP contribution is -2.15. The molecule has 0 atom stereocenters. The number of primary amides is 2. The van der Waals surface area contributed by atoms with Gasteiger partial charge in [0.05, 0.1) is 25.3 Å². The van der Waals surface area contributed by atoms with Crippen LogP contribution >= 0.6 is 0 Å². The predicted octanol–water partition coefficient (Wildman–Crippen LogP) is 3.58. The molecule has 4 N–H and O–H groups in total. The van der Waals surface area contributed by atoms with Gasteiger partial charge < -0.3 is 20.9 Å². The average molecular weight is 469 g/mol. The maximum Gasteiger partial charge on any atom is 0.337 e. The Labute approximate surface area is 199 Å². The lowest BCUT2D eigenvalue weighted by atomic mass is 9.96. The summed E-state index contributed by atoms with van der Waals surface area (Å²) in [5, 5.41) is 0. The fraction of sp³-hybridized carbons (Fsp3) is 0.385. The number of methoxy groups -OCH3 is 2. The molecular weight excluding hydrogens is 436 g/mol. The quantitative estimate of drug-likeness (QED) is 0.340. The minimum Gasteiger partial charge on any atom is -0.465 e. The number of rotatable bonds is 13. The van der Waals surface area contributed by atoms with E-state index in [-0.39, 0.29) is 0 Å². The second-order valence-electron chi connectivity index (χ2n) is 8.08. The molecule has 34 heavy (non-hydrogen) atoms. The van der Waals surface area contributed by atoms with Crippen molar-refractivity contribution in [2.75, 3.05) is 14.2 Å². The summed E-state index contributed by atoms with van der Waals surface area (Å²) >= 11 is 0. The molecule has 8 heteroatoms. The molecule has 0 unspecified atom stereocenters. The van der Waals surface area contributed by atoms with Crippen LogP contribution in [-0.4, -0.2) is 38.0 Å². The smallest absolute Gasteiger partial charge is 0.337 e. The molecule has 0 heterocycles. The Morgan fingerprint density at radius 1 is 0.618 bits per heavy atom. The van der Waals surface area contributed by atoms with Crippen LogP contribution in [0, 0.1) is 0 Å². The van der Waals surface area contributed by atoms with Gasteiger partial charge in [-0.05, 0) is 73.2 Å². The van der Waals surface area contributed by atoms with Crippen LogP contribution in [0.25, 0.3) is 0 Å². The summed E-state index contributed by atoms with van der Waals surface area (Å²) in [6, 6.07) is 9.56. The van der Waals surface area contributed by atoms with Crippen LogP contribution in [0.5, 0.6) is 0 Å². The number of nitrogens with two attached hydrogens (primary N) is 2. The van der Waals surface area contributed by atoms with Gasteiger partial charge in [-0.25, -0.2) is 9.59 Å². The molecule has 0 aliphatic rings. The Morgan fingerprint density at radius 3 is 1.29 bits per heavy atom. The van der Waals surface area contributed by atoms with Crippen molar-refractivity contribution in [2.24, 2.45) is 11.5 Å². The van der Waals surface area contributed by atoms with Crippen LogP contribution in [0.1, 0.15) is 91.1 Å². The zero-order valence-corrected chi connectivity index (χ0v) is 19.7. The van der Waals surface area contributed by atoms with E-state index < -0.39 is 23.8 Å². The van der Waals surface area contributed by atoms with Crippen LogP contribution in [0.3, 0.4) is 0 Å². The number of carbonyl (C=O) groups is 4. The molecule has 2 aromatic carbocycles. The average Bonchev–Trinajstić information content (AvgIpc) is 2.83. The van der Waals surface area contributed by atoms with Crippen molar-refractivity contribution in [3.8, 4) is 0 Å². The lowest BCUT2D eigenvalue weighted by molar-refractivity contribution is 0.0591. The van der Waals surface area contributed by atoms with Crippen molar-refractivity contribution in [3.05, 3.63) is 69.8 Å². The van der Waals surface area contributed by atoms with Crippen molar-refractivity contribution in [3.63, 3.8) is 0 Å². The molecule has 2 aromatic rings. The molecule has 0 saturated heterocycles. The van der Waals surface area contributed by atoms with Gasteiger partial charge in [-0.15, -0.1) is 0 Å². The van der Waals surface area contributed by atoms with Gasteiger partial charge in [0.15, 0.2) is 0 Å². The number of benzene rings is 2. The summed E-state index contributed by atoms with van der Waals surface area (Å²) < 4.78 is 9.49. The maximum atomic E-state index is 11.8. The summed E-state index contributed by atoms with van der Waals surface area (Å²) in [6.07, 6.45) is 6.95. The first-order valence-corrected chi connectivity index (χ1v) is 11.3. The Bertz CT molecular complexity index is 964. The minimum atomic E-state index is -0.516. The number of amides is 2. The Kier molecular flexibility index (Phi) is 10.3. The van der Waals surface area contributed by atoms with Crippen LogP contribution in [0.4, 0.5) is 0 Å². The summed E-state index contributed by atoms with van der Waals surface area (Å²) in [5.41, 5.74) is 14.1. The summed E-state index contributed by atoms with van der Waals surface area (Å²) in [5.74, 6) is -1.93. The van der Waals surface area contributed by atoms with Crippen molar-refractivity contribution in [1.82, 2.24) is 0 Å². The van der Waals surface area contributed by atoms with Gasteiger partial charge in [-0.2, -0.15) is 0 Å². The molecule has 0 spiro atoms. The molecule has 2 rings (SSSR count). The molecule has 0 aliphatic heterocycles. The standard InChI is InChI=1S/C26H32N2O6/c1-33-25(31)19-11-13-21(23(27)29)17(15-19)9-7-5-3-4-6-8-10-18-16-20(26(32)34-2)12-14-22(18)24(28)30/h11-16H,3-10H2,1-2H3,(H2,27,29)(H2,28,30). The Hall–Kier alpha value is -3.68. The Balaban J connectivity index is 1.81. The molecule has 2 amide bonds. The summed E-state index contributed by atoms with van der Waals surface area (Å²) in [7, 11) is 2.63. The van der Waals surface area contributed by atoms with E-state index in [2.05, 4.69) is 0 Å². The van der Waals surface area contributed by atoms with Gasteiger partial charge in [0.1, 0.15) is 0 Å². The van der Waals surface area contributed by atoms with Gasteiger partial charge in [0, 0.05) is 11.1 Å². The van der Waals surface area contributed by atoms with Crippen LogP contribution < -0.4 is 11.5 Å². The molecule has 0 fully saturated rings. The molecular formula is C26H32N2O6. The number of hydrogen-bond acceptors (Lipinski definition) is 6. The third-order valence-electron chi connectivity index (χ3n) is 5.73. The molecule has 0 aromatic heterocycles. The fourth-order valence-corrected chi connectivity index (χ4v) is 3.91. The highest BCUT2D eigenvalue weighted by Gasteiger charge is 2.14. The second kappa shape index (κ2) is 13.1. The molecule has 0 saturated carbocycles. The van der Waals surface area contributed by atoms with Crippen LogP contribution in [-0.2, 0) is 22.3 Å². The molecule has 8 nitrogen and oxygen atoms in total. The largest absolute Gasteiger partial charge is 0.465 e. The van der Waals surface area contributed by atoms with Gasteiger partial charge in [0.2, 0.25) is 11.8 Å². The minimum absolute atomic E-state index is 0.397. The van der Waals surface area contributed by atoms with Gasteiger partial charge in [-0.1, -0.05) is 25.7 Å². The first kappa shape index (κ1) is 26.6. The third-order valence-corrected chi connectivity index (χ3v) is 5.73. The predicted molar refractivity (Wildman–Crippen MR) is 128 cm³/mol. The van der Waals surface area contributed by atoms with Crippen molar-refractivity contribution < 1.29 is 28.7 Å². The van der Waals surface area contributed by atoms with Crippen molar-refractivity contribution in [1.29, 1.82) is 0 Å². The number of unbranched alkanes of at least 4 members (excludes halogenated alkanes) is 5. The normalized spacial score (nSPS) is 10.5. The van der Waals surface area contributed by atoms with E-state index in [0.717, 1.165) is 49.7 Å². The van der Waals surface area contributed by atoms with E-state index in [1.54, 1.807) is 36.4 Å². The second-order valence-corrected chi connectivity index (χ2v) is 8.08. The number of hydrogen-bond donors (Lipinski definition) is 2. The number of ether oxygens (including phenoxy) is 2. The monoisotopic (exact) mass is 468 g/mol. The van der Waals surface area contributed by atoms with E-state index in [1.165, 1.54) is 14.2 Å². The number of aryl methyl sites for hydroxylation is 2. The SMILES string of the molecule is COC(=O)c1ccc(C(N)=O)c(CCCCCCCCc2cc(C(=O)OC)ccc2C(N)=O)c1. The fourth-order valence-electron chi connectivity index (χ4n) is 3.91. The van der Waals surface area contributed by atoms with E-state index >= 15 is 0 Å². The maximum absolute atomic E-state index is 11.8. The van der Waals surface area contributed by atoms with Crippen molar-refractivity contribution >= 4 is 23.8 Å². The number of carbonyl (C=O) groups excluding carboxylic acids is 4.